The highest BCUT2D eigenvalue weighted by atomic mass is 19.4. The number of ether oxygens (including phenoxy) is 1. The van der Waals surface area contributed by atoms with Crippen LogP contribution in [-0.4, -0.2) is 30.3 Å². The molecule has 2 aromatic rings. The molecule has 0 saturated heterocycles. The van der Waals surface area contributed by atoms with Crippen LogP contribution in [0.5, 0.6) is 5.75 Å². The summed E-state index contributed by atoms with van der Waals surface area (Å²) >= 11 is 0. The van der Waals surface area contributed by atoms with E-state index in [4.69, 9.17) is 0 Å². The molecular formula is C20H23F3N2O2. The van der Waals surface area contributed by atoms with Gasteiger partial charge in [-0.2, -0.15) is 0 Å². The third kappa shape index (κ3) is 6.60. The molecule has 27 heavy (non-hydrogen) atoms. The van der Waals surface area contributed by atoms with Gasteiger partial charge in [0, 0.05) is 24.7 Å². The third-order valence-corrected chi connectivity index (χ3v) is 4.21. The molecular weight excluding hydrogens is 357 g/mol. The van der Waals surface area contributed by atoms with Gasteiger partial charge in [-0.3, -0.25) is 9.69 Å². The first-order chi connectivity index (χ1) is 12.7. The summed E-state index contributed by atoms with van der Waals surface area (Å²) in [7, 11) is 2.03. The SMILES string of the molecule is CC(C)N(C)Cc1ccccc1CNC(=O)c1ccc(OC(F)(F)F)cc1. The summed E-state index contributed by atoms with van der Waals surface area (Å²) < 4.78 is 40.3. The highest BCUT2D eigenvalue weighted by Crippen LogP contribution is 2.22. The summed E-state index contributed by atoms with van der Waals surface area (Å²) in [4.78, 5) is 14.5. The van der Waals surface area contributed by atoms with Crippen molar-refractivity contribution in [3.05, 3.63) is 65.2 Å². The zero-order chi connectivity index (χ0) is 20.0. The molecule has 1 N–H and O–H groups in total. The standard InChI is InChI=1S/C20H23F3N2O2/c1-14(2)25(3)13-17-7-5-4-6-16(17)12-24-19(26)15-8-10-18(11-9-15)27-20(21,22)23/h4-11,14H,12-13H2,1-3H3,(H,24,26). The Morgan fingerprint density at radius 3 is 2.22 bits per heavy atom. The molecule has 2 rings (SSSR count). The van der Waals surface area contributed by atoms with Gasteiger partial charge in [0.1, 0.15) is 5.75 Å². The maximum absolute atomic E-state index is 12.3. The topological polar surface area (TPSA) is 41.6 Å². The fourth-order valence-corrected chi connectivity index (χ4v) is 2.42. The van der Waals surface area contributed by atoms with Gasteiger partial charge < -0.3 is 10.1 Å². The molecule has 0 atom stereocenters. The Kier molecular flexibility index (Phi) is 6.85. The van der Waals surface area contributed by atoms with Crippen LogP contribution in [0.1, 0.15) is 35.3 Å². The number of rotatable bonds is 7. The van der Waals surface area contributed by atoms with Crippen molar-refractivity contribution in [3.8, 4) is 5.75 Å². The second-order valence-electron chi connectivity index (χ2n) is 6.53. The Morgan fingerprint density at radius 1 is 1.07 bits per heavy atom. The minimum atomic E-state index is -4.75. The smallest absolute Gasteiger partial charge is 0.406 e. The average Bonchev–Trinajstić information content (AvgIpc) is 2.60. The van der Waals surface area contributed by atoms with E-state index < -0.39 is 6.36 Å². The molecule has 0 saturated carbocycles. The Balaban J connectivity index is 1.99. The lowest BCUT2D eigenvalue weighted by atomic mass is 10.1. The van der Waals surface area contributed by atoms with Crippen LogP contribution in [0.2, 0.25) is 0 Å². The van der Waals surface area contributed by atoms with Gasteiger partial charge in [-0.15, -0.1) is 13.2 Å². The Labute approximate surface area is 156 Å². The van der Waals surface area contributed by atoms with Gasteiger partial charge in [0.05, 0.1) is 0 Å². The Morgan fingerprint density at radius 2 is 1.67 bits per heavy atom. The molecule has 1 amide bonds. The van der Waals surface area contributed by atoms with Crippen LogP contribution in [0.4, 0.5) is 13.2 Å². The molecule has 7 heteroatoms. The number of carbonyl (C=O) groups is 1. The van der Waals surface area contributed by atoms with Crippen molar-refractivity contribution in [2.24, 2.45) is 0 Å². The molecule has 0 fully saturated rings. The van der Waals surface area contributed by atoms with Gasteiger partial charge in [0.15, 0.2) is 0 Å². The fraction of sp³-hybridized carbons (Fsp3) is 0.350. The van der Waals surface area contributed by atoms with E-state index in [0.717, 1.165) is 29.8 Å². The largest absolute Gasteiger partial charge is 0.573 e. The lowest BCUT2D eigenvalue weighted by molar-refractivity contribution is -0.274. The number of nitrogens with one attached hydrogen (secondary N) is 1. The van der Waals surface area contributed by atoms with Crippen molar-refractivity contribution in [2.75, 3.05) is 7.05 Å². The summed E-state index contributed by atoms with van der Waals surface area (Å²) in [6, 6.07) is 13.1. The molecule has 2 aromatic carbocycles. The van der Waals surface area contributed by atoms with E-state index in [0.29, 0.717) is 12.6 Å². The predicted molar refractivity (Wildman–Crippen MR) is 97.3 cm³/mol. The lowest BCUT2D eigenvalue weighted by Crippen LogP contribution is -2.27. The van der Waals surface area contributed by atoms with Crippen molar-refractivity contribution in [3.63, 3.8) is 0 Å². The monoisotopic (exact) mass is 380 g/mol. The minimum absolute atomic E-state index is 0.265. The highest BCUT2D eigenvalue weighted by Gasteiger charge is 2.31. The number of benzene rings is 2. The molecule has 0 aromatic heterocycles. The predicted octanol–water partition coefficient (Wildman–Crippen LogP) is 4.36. The van der Waals surface area contributed by atoms with Gasteiger partial charge >= 0.3 is 6.36 Å². The Hall–Kier alpha value is -2.54. The quantitative estimate of drug-likeness (QED) is 0.776. The van der Waals surface area contributed by atoms with E-state index in [1.807, 2.05) is 31.3 Å². The first-order valence-corrected chi connectivity index (χ1v) is 8.57. The number of carbonyl (C=O) groups excluding carboxylic acids is 1. The van der Waals surface area contributed by atoms with Crippen LogP contribution in [0, 0.1) is 0 Å². The number of amides is 1. The lowest BCUT2D eigenvalue weighted by Gasteiger charge is -2.22. The third-order valence-electron chi connectivity index (χ3n) is 4.21. The van der Waals surface area contributed by atoms with E-state index in [1.165, 1.54) is 12.1 Å². The fourth-order valence-electron chi connectivity index (χ4n) is 2.42. The van der Waals surface area contributed by atoms with Crippen LogP contribution in [0.3, 0.4) is 0 Å². The van der Waals surface area contributed by atoms with Crippen molar-refractivity contribution >= 4 is 5.91 Å². The van der Waals surface area contributed by atoms with Crippen LogP contribution >= 0.6 is 0 Å². The molecule has 0 unspecified atom stereocenters. The molecule has 0 aliphatic carbocycles. The number of halogens is 3. The first kappa shape index (κ1) is 20.8. The summed E-state index contributed by atoms with van der Waals surface area (Å²) in [5, 5.41) is 2.81. The first-order valence-electron chi connectivity index (χ1n) is 8.57. The Bertz CT molecular complexity index is 759. The van der Waals surface area contributed by atoms with Crippen molar-refractivity contribution in [2.45, 2.75) is 39.3 Å². The number of nitrogens with zero attached hydrogens (tertiary/aromatic N) is 1. The second kappa shape index (κ2) is 8.90. The van der Waals surface area contributed by atoms with E-state index >= 15 is 0 Å². The number of hydrogen-bond acceptors (Lipinski definition) is 3. The second-order valence-corrected chi connectivity index (χ2v) is 6.53. The van der Waals surface area contributed by atoms with E-state index in [1.54, 1.807) is 0 Å². The maximum Gasteiger partial charge on any atom is 0.573 e. The number of hydrogen-bond donors (Lipinski definition) is 1. The summed E-state index contributed by atoms with van der Waals surface area (Å²) in [6.07, 6.45) is -4.75. The summed E-state index contributed by atoms with van der Waals surface area (Å²) in [5.41, 5.74) is 2.37. The number of alkyl halides is 3. The van der Waals surface area contributed by atoms with Gasteiger partial charge in [-0.05, 0) is 56.3 Å². The molecule has 4 nitrogen and oxygen atoms in total. The molecule has 0 bridgehead atoms. The van der Waals surface area contributed by atoms with Crippen molar-refractivity contribution in [1.29, 1.82) is 0 Å². The molecule has 0 spiro atoms. The van der Waals surface area contributed by atoms with E-state index in [9.17, 15) is 18.0 Å². The molecule has 146 valence electrons. The minimum Gasteiger partial charge on any atom is -0.406 e. The molecule has 0 aliphatic heterocycles. The average molecular weight is 380 g/mol. The van der Waals surface area contributed by atoms with Gasteiger partial charge in [-0.25, -0.2) is 0 Å². The van der Waals surface area contributed by atoms with Crippen LogP contribution in [0.25, 0.3) is 0 Å². The zero-order valence-electron chi connectivity index (χ0n) is 15.5. The molecule has 0 radical (unpaired) electrons. The van der Waals surface area contributed by atoms with E-state index in [-0.39, 0.29) is 17.2 Å². The summed E-state index contributed by atoms with van der Waals surface area (Å²) in [5.74, 6) is -0.721. The van der Waals surface area contributed by atoms with Gasteiger partial charge in [0.2, 0.25) is 0 Å². The van der Waals surface area contributed by atoms with Crippen molar-refractivity contribution in [1.82, 2.24) is 10.2 Å². The van der Waals surface area contributed by atoms with Gasteiger partial charge in [0.25, 0.3) is 5.91 Å². The van der Waals surface area contributed by atoms with E-state index in [2.05, 4.69) is 28.8 Å². The highest BCUT2D eigenvalue weighted by molar-refractivity contribution is 5.94. The molecule has 0 aliphatic rings. The maximum atomic E-state index is 12.3. The van der Waals surface area contributed by atoms with Gasteiger partial charge in [-0.1, -0.05) is 24.3 Å². The summed E-state index contributed by atoms with van der Waals surface area (Å²) in [6.45, 7) is 5.31. The van der Waals surface area contributed by atoms with Crippen LogP contribution < -0.4 is 10.1 Å². The zero-order valence-corrected chi connectivity index (χ0v) is 15.5. The van der Waals surface area contributed by atoms with Crippen LogP contribution in [-0.2, 0) is 13.1 Å². The van der Waals surface area contributed by atoms with Crippen molar-refractivity contribution < 1.29 is 22.7 Å². The van der Waals surface area contributed by atoms with Crippen LogP contribution in [0.15, 0.2) is 48.5 Å². The normalized spacial score (nSPS) is 11.7. The molecule has 0 heterocycles.